The van der Waals surface area contributed by atoms with Gasteiger partial charge in [-0.25, -0.2) is 0 Å². The van der Waals surface area contributed by atoms with Gasteiger partial charge in [-0.2, -0.15) is 0 Å². The van der Waals surface area contributed by atoms with Gasteiger partial charge in [-0.05, 0) is 19.3 Å². The molecule has 1 aromatic heterocycles. The normalized spacial score (nSPS) is 12.9. The third kappa shape index (κ3) is 4.35. The van der Waals surface area contributed by atoms with E-state index in [2.05, 4.69) is 31.2 Å². The van der Waals surface area contributed by atoms with Crippen LogP contribution in [0.15, 0.2) is 10.6 Å². The van der Waals surface area contributed by atoms with Gasteiger partial charge >= 0.3 is 0 Å². The van der Waals surface area contributed by atoms with Gasteiger partial charge in [-0.15, -0.1) is 0 Å². The Morgan fingerprint density at radius 2 is 2.19 bits per heavy atom. The lowest BCUT2D eigenvalue weighted by Gasteiger charge is -2.15. The van der Waals surface area contributed by atoms with Crippen molar-refractivity contribution in [3.63, 3.8) is 0 Å². The van der Waals surface area contributed by atoms with Crippen LogP contribution in [0.2, 0.25) is 0 Å². The molecule has 0 bridgehead atoms. The van der Waals surface area contributed by atoms with E-state index in [-0.39, 0.29) is 0 Å². The molecule has 3 nitrogen and oxygen atoms in total. The molecule has 1 rings (SSSR count). The highest BCUT2D eigenvalue weighted by atomic mass is 16.5. The second-order valence-corrected chi connectivity index (χ2v) is 4.27. The molecule has 0 aliphatic heterocycles. The number of nitrogens with zero attached hydrogens (tertiary/aromatic N) is 1. The van der Waals surface area contributed by atoms with Crippen molar-refractivity contribution in [2.24, 2.45) is 0 Å². The maximum atomic E-state index is 5.24. The standard InChI is InChI=1S/C13H24N2O/c1-4-7-8-11(5-2)14-10-13-9-12(6-3)15-16-13/h9,11,14H,4-8,10H2,1-3H3. The molecule has 0 saturated heterocycles. The summed E-state index contributed by atoms with van der Waals surface area (Å²) in [5.74, 6) is 0.951. The van der Waals surface area contributed by atoms with Gasteiger partial charge in [0.1, 0.15) is 0 Å². The van der Waals surface area contributed by atoms with Gasteiger partial charge in [-0.3, -0.25) is 0 Å². The van der Waals surface area contributed by atoms with E-state index in [0.717, 1.165) is 24.4 Å². The maximum Gasteiger partial charge on any atom is 0.150 e. The van der Waals surface area contributed by atoms with Crippen LogP contribution in [0, 0.1) is 0 Å². The van der Waals surface area contributed by atoms with Crippen molar-refractivity contribution in [2.75, 3.05) is 0 Å². The number of aryl methyl sites for hydroxylation is 1. The topological polar surface area (TPSA) is 38.1 Å². The first-order chi connectivity index (χ1) is 7.80. The summed E-state index contributed by atoms with van der Waals surface area (Å²) >= 11 is 0. The van der Waals surface area contributed by atoms with Crippen molar-refractivity contribution in [3.05, 3.63) is 17.5 Å². The molecule has 16 heavy (non-hydrogen) atoms. The molecule has 0 aliphatic rings. The first-order valence-electron chi connectivity index (χ1n) is 6.47. The van der Waals surface area contributed by atoms with Crippen LogP contribution in [0.3, 0.4) is 0 Å². The molecular formula is C13H24N2O. The summed E-state index contributed by atoms with van der Waals surface area (Å²) in [7, 11) is 0. The van der Waals surface area contributed by atoms with E-state index in [1.165, 1.54) is 25.7 Å². The Morgan fingerprint density at radius 1 is 1.38 bits per heavy atom. The maximum absolute atomic E-state index is 5.24. The van der Waals surface area contributed by atoms with Crippen LogP contribution in [0.25, 0.3) is 0 Å². The van der Waals surface area contributed by atoms with E-state index < -0.39 is 0 Å². The lowest BCUT2D eigenvalue weighted by Crippen LogP contribution is -2.27. The molecule has 0 radical (unpaired) electrons. The highest BCUT2D eigenvalue weighted by Crippen LogP contribution is 2.07. The first-order valence-corrected chi connectivity index (χ1v) is 6.47. The fraction of sp³-hybridized carbons (Fsp3) is 0.769. The van der Waals surface area contributed by atoms with Crippen molar-refractivity contribution < 1.29 is 4.52 Å². The molecule has 0 spiro atoms. The summed E-state index contributed by atoms with van der Waals surface area (Å²) < 4.78 is 5.24. The Bertz CT molecular complexity index is 283. The van der Waals surface area contributed by atoms with Crippen molar-refractivity contribution in [2.45, 2.75) is 65.5 Å². The van der Waals surface area contributed by atoms with Crippen LogP contribution < -0.4 is 5.32 Å². The van der Waals surface area contributed by atoms with Crippen molar-refractivity contribution in [3.8, 4) is 0 Å². The van der Waals surface area contributed by atoms with Crippen molar-refractivity contribution in [1.29, 1.82) is 0 Å². The molecule has 0 amide bonds. The molecule has 1 unspecified atom stereocenters. The highest BCUT2D eigenvalue weighted by Gasteiger charge is 2.07. The molecule has 0 aromatic carbocycles. The number of aromatic nitrogens is 1. The Balaban J connectivity index is 2.31. The minimum atomic E-state index is 0.607. The first kappa shape index (κ1) is 13.2. The van der Waals surface area contributed by atoms with Crippen LogP contribution in [-0.4, -0.2) is 11.2 Å². The van der Waals surface area contributed by atoms with E-state index in [1.54, 1.807) is 0 Å². The van der Waals surface area contributed by atoms with Crippen LogP contribution in [-0.2, 0) is 13.0 Å². The zero-order valence-corrected chi connectivity index (χ0v) is 10.8. The molecule has 0 saturated carbocycles. The molecule has 1 N–H and O–H groups in total. The number of unbranched alkanes of at least 4 members (excludes halogenated alkanes) is 1. The second-order valence-electron chi connectivity index (χ2n) is 4.27. The van der Waals surface area contributed by atoms with Gasteiger partial charge < -0.3 is 9.84 Å². The third-order valence-corrected chi connectivity index (χ3v) is 2.93. The molecule has 1 atom stereocenters. The lowest BCUT2D eigenvalue weighted by molar-refractivity contribution is 0.351. The summed E-state index contributed by atoms with van der Waals surface area (Å²) in [5.41, 5.74) is 1.04. The van der Waals surface area contributed by atoms with Gasteiger partial charge in [0.25, 0.3) is 0 Å². The summed E-state index contributed by atoms with van der Waals surface area (Å²) in [4.78, 5) is 0. The van der Waals surface area contributed by atoms with Gasteiger partial charge in [0, 0.05) is 12.1 Å². The number of nitrogens with one attached hydrogen (secondary N) is 1. The summed E-state index contributed by atoms with van der Waals surface area (Å²) in [5, 5.41) is 7.51. The molecule has 0 aliphatic carbocycles. The van der Waals surface area contributed by atoms with Gasteiger partial charge in [0.2, 0.25) is 0 Å². The zero-order valence-electron chi connectivity index (χ0n) is 10.8. The number of rotatable bonds is 8. The van der Waals surface area contributed by atoms with Gasteiger partial charge in [-0.1, -0.05) is 38.8 Å². The van der Waals surface area contributed by atoms with Gasteiger partial charge in [0.15, 0.2) is 5.76 Å². The summed E-state index contributed by atoms with van der Waals surface area (Å²) in [6.45, 7) is 7.35. The monoisotopic (exact) mass is 224 g/mol. The minimum absolute atomic E-state index is 0.607. The Kier molecular flexibility index (Phi) is 6.16. The Labute approximate surface area is 98.6 Å². The molecule has 0 fully saturated rings. The molecular weight excluding hydrogens is 200 g/mol. The zero-order chi connectivity index (χ0) is 11.8. The fourth-order valence-corrected chi connectivity index (χ4v) is 1.75. The van der Waals surface area contributed by atoms with E-state index in [1.807, 2.05) is 6.07 Å². The predicted octanol–water partition coefficient (Wildman–Crippen LogP) is 3.30. The summed E-state index contributed by atoms with van der Waals surface area (Å²) in [6.07, 6.45) is 5.93. The van der Waals surface area contributed by atoms with E-state index in [0.29, 0.717) is 6.04 Å². The SMILES string of the molecule is CCCCC(CC)NCc1cc(CC)no1. The molecule has 92 valence electrons. The van der Waals surface area contributed by atoms with E-state index in [4.69, 9.17) is 4.52 Å². The Hall–Kier alpha value is -0.830. The van der Waals surface area contributed by atoms with E-state index >= 15 is 0 Å². The average molecular weight is 224 g/mol. The smallest absolute Gasteiger partial charge is 0.150 e. The van der Waals surface area contributed by atoms with Crippen molar-refractivity contribution in [1.82, 2.24) is 10.5 Å². The van der Waals surface area contributed by atoms with Crippen LogP contribution in [0.1, 0.15) is 57.9 Å². The average Bonchev–Trinajstić information content (AvgIpc) is 2.77. The molecule has 3 heteroatoms. The lowest BCUT2D eigenvalue weighted by atomic mass is 10.1. The molecule has 1 aromatic rings. The van der Waals surface area contributed by atoms with Crippen LogP contribution in [0.5, 0.6) is 0 Å². The highest BCUT2D eigenvalue weighted by molar-refractivity contribution is 5.04. The van der Waals surface area contributed by atoms with E-state index in [9.17, 15) is 0 Å². The number of hydrogen-bond donors (Lipinski definition) is 1. The minimum Gasteiger partial charge on any atom is -0.360 e. The fourth-order valence-electron chi connectivity index (χ4n) is 1.75. The number of hydrogen-bond acceptors (Lipinski definition) is 3. The third-order valence-electron chi connectivity index (χ3n) is 2.93. The quantitative estimate of drug-likeness (QED) is 0.736. The Morgan fingerprint density at radius 3 is 2.75 bits per heavy atom. The molecule has 1 heterocycles. The van der Waals surface area contributed by atoms with Crippen LogP contribution >= 0.6 is 0 Å². The van der Waals surface area contributed by atoms with Crippen molar-refractivity contribution >= 4 is 0 Å². The largest absolute Gasteiger partial charge is 0.360 e. The summed E-state index contributed by atoms with van der Waals surface area (Å²) in [6, 6.07) is 2.65. The van der Waals surface area contributed by atoms with Crippen LogP contribution in [0.4, 0.5) is 0 Å². The predicted molar refractivity (Wildman–Crippen MR) is 66.3 cm³/mol. The second kappa shape index (κ2) is 7.44. The van der Waals surface area contributed by atoms with Gasteiger partial charge in [0.05, 0.1) is 12.2 Å².